The van der Waals surface area contributed by atoms with Crippen molar-refractivity contribution in [2.45, 2.75) is 24.7 Å². The number of thioether (sulfide) groups is 1. The minimum atomic E-state index is 0.727. The fraction of sp³-hybridized carbons (Fsp3) is 0.538. The lowest BCUT2D eigenvalue weighted by atomic mass is 10.3. The summed E-state index contributed by atoms with van der Waals surface area (Å²) in [4.78, 5) is 1.11. The fourth-order valence-corrected chi connectivity index (χ4v) is 2.23. The number of nitrogen functional groups attached to an aromatic ring is 1. The third-order valence-electron chi connectivity index (χ3n) is 2.32. The Balaban J connectivity index is 2.31. The summed E-state index contributed by atoms with van der Waals surface area (Å²) in [6.45, 7) is 3.80. The van der Waals surface area contributed by atoms with Crippen LogP contribution >= 0.6 is 11.8 Å². The summed E-state index contributed by atoms with van der Waals surface area (Å²) >= 11 is 1.73. The van der Waals surface area contributed by atoms with E-state index in [1.807, 2.05) is 18.2 Å². The Labute approximate surface area is 108 Å². The summed E-state index contributed by atoms with van der Waals surface area (Å²) in [5, 5.41) is 0. The minimum Gasteiger partial charge on any atom is -0.496 e. The zero-order valence-corrected chi connectivity index (χ0v) is 11.4. The molecule has 0 spiro atoms. The Morgan fingerprint density at radius 3 is 2.82 bits per heavy atom. The van der Waals surface area contributed by atoms with Gasteiger partial charge in [-0.15, -0.1) is 11.8 Å². The number of methoxy groups -OCH3 is 1. The predicted octanol–water partition coefficient (Wildman–Crippen LogP) is 3.19. The van der Waals surface area contributed by atoms with Gasteiger partial charge in [0.1, 0.15) is 5.75 Å². The van der Waals surface area contributed by atoms with E-state index >= 15 is 0 Å². The van der Waals surface area contributed by atoms with E-state index in [0.717, 1.165) is 41.7 Å². The van der Waals surface area contributed by atoms with E-state index in [-0.39, 0.29) is 0 Å². The van der Waals surface area contributed by atoms with E-state index < -0.39 is 0 Å². The summed E-state index contributed by atoms with van der Waals surface area (Å²) in [7, 11) is 1.66. The van der Waals surface area contributed by atoms with Crippen molar-refractivity contribution >= 4 is 17.4 Å². The van der Waals surface area contributed by atoms with Crippen molar-refractivity contribution in [1.82, 2.24) is 0 Å². The average molecular weight is 255 g/mol. The molecule has 4 heteroatoms. The maximum Gasteiger partial charge on any atom is 0.134 e. The monoisotopic (exact) mass is 255 g/mol. The first kappa shape index (κ1) is 14.2. The molecule has 96 valence electrons. The molecule has 0 bridgehead atoms. The highest BCUT2D eigenvalue weighted by Crippen LogP contribution is 2.30. The number of ether oxygens (including phenoxy) is 2. The number of hydrogen-bond acceptors (Lipinski definition) is 4. The van der Waals surface area contributed by atoms with E-state index in [2.05, 4.69) is 6.92 Å². The molecule has 0 aliphatic heterocycles. The highest BCUT2D eigenvalue weighted by Gasteiger charge is 2.03. The average Bonchev–Trinajstić information content (AvgIpc) is 2.35. The SMILES string of the molecule is CCCCOCCSc1ccc(N)cc1OC. The molecule has 2 N–H and O–H groups in total. The molecule has 1 aromatic carbocycles. The van der Waals surface area contributed by atoms with Crippen molar-refractivity contribution in [1.29, 1.82) is 0 Å². The minimum absolute atomic E-state index is 0.727. The van der Waals surface area contributed by atoms with Crippen LogP contribution in [0.3, 0.4) is 0 Å². The first-order chi connectivity index (χ1) is 8.27. The number of benzene rings is 1. The van der Waals surface area contributed by atoms with Crippen molar-refractivity contribution in [3.05, 3.63) is 18.2 Å². The molecule has 1 aromatic rings. The van der Waals surface area contributed by atoms with Crippen LogP contribution < -0.4 is 10.5 Å². The zero-order chi connectivity index (χ0) is 12.5. The highest BCUT2D eigenvalue weighted by molar-refractivity contribution is 7.99. The van der Waals surface area contributed by atoms with Gasteiger partial charge < -0.3 is 15.2 Å². The van der Waals surface area contributed by atoms with Gasteiger partial charge in [0.05, 0.1) is 13.7 Å². The molecular formula is C13H21NO2S. The Hall–Kier alpha value is -0.870. The molecule has 0 unspecified atom stereocenters. The largest absolute Gasteiger partial charge is 0.496 e. The van der Waals surface area contributed by atoms with Gasteiger partial charge in [-0.25, -0.2) is 0 Å². The molecule has 3 nitrogen and oxygen atoms in total. The Kier molecular flexibility index (Phi) is 6.89. The zero-order valence-electron chi connectivity index (χ0n) is 10.6. The molecule has 1 rings (SSSR count). The summed E-state index contributed by atoms with van der Waals surface area (Å²) in [5.74, 6) is 1.77. The van der Waals surface area contributed by atoms with Gasteiger partial charge in [0.25, 0.3) is 0 Å². The fourth-order valence-electron chi connectivity index (χ4n) is 1.36. The quantitative estimate of drug-likeness (QED) is 0.440. The van der Waals surface area contributed by atoms with Crippen molar-refractivity contribution in [3.63, 3.8) is 0 Å². The maximum atomic E-state index is 5.70. The molecule has 0 aliphatic carbocycles. The Morgan fingerprint density at radius 2 is 2.12 bits per heavy atom. The molecule has 0 fully saturated rings. The summed E-state index contributed by atoms with van der Waals surface area (Å²) in [5.41, 5.74) is 6.43. The van der Waals surface area contributed by atoms with Crippen molar-refractivity contribution < 1.29 is 9.47 Å². The Morgan fingerprint density at radius 1 is 1.29 bits per heavy atom. The topological polar surface area (TPSA) is 44.5 Å². The Bertz CT molecular complexity index is 331. The van der Waals surface area contributed by atoms with Crippen molar-refractivity contribution in [3.8, 4) is 5.75 Å². The summed E-state index contributed by atoms with van der Waals surface area (Å²) in [6.07, 6.45) is 2.31. The molecule has 0 heterocycles. The second-order valence-electron chi connectivity index (χ2n) is 3.72. The molecule has 17 heavy (non-hydrogen) atoms. The number of nitrogens with two attached hydrogens (primary N) is 1. The first-order valence-electron chi connectivity index (χ1n) is 5.92. The highest BCUT2D eigenvalue weighted by atomic mass is 32.2. The van der Waals surface area contributed by atoms with Crippen LogP contribution in [0.15, 0.2) is 23.1 Å². The molecule has 0 aromatic heterocycles. The van der Waals surface area contributed by atoms with Crippen molar-refractivity contribution in [2.75, 3.05) is 31.8 Å². The third-order valence-corrected chi connectivity index (χ3v) is 3.33. The smallest absolute Gasteiger partial charge is 0.134 e. The van der Waals surface area contributed by atoms with Crippen LogP contribution in [0.25, 0.3) is 0 Å². The second-order valence-corrected chi connectivity index (χ2v) is 4.86. The molecule has 0 aliphatic rings. The second kappa shape index (κ2) is 8.25. The third kappa shape index (κ3) is 5.33. The number of anilines is 1. The van der Waals surface area contributed by atoms with Crippen LogP contribution in [0, 0.1) is 0 Å². The standard InChI is InChI=1S/C13H21NO2S/c1-3-4-7-16-8-9-17-13-6-5-11(14)10-12(13)15-2/h5-6,10H,3-4,7-9,14H2,1-2H3. The van der Waals surface area contributed by atoms with Crippen LogP contribution in [0.5, 0.6) is 5.75 Å². The van der Waals surface area contributed by atoms with Gasteiger partial charge in [0.15, 0.2) is 0 Å². The van der Waals surface area contributed by atoms with Gasteiger partial charge in [-0.2, -0.15) is 0 Å². The van der Waals surface area contributed by atoms with E-state index in [1.54, 1.807) is 18.9 Å². The lowest BCUT2D eigenvalue weighted by Gasteiger charge is -2.09. The van der Waals surface area contributed by atoms with E-state index in [0.29, 0.717) is 0 Å². The number of rotatable bonds is 8. The predicted molar refractivity (Wildman–Crippen MR) is 73.9 cm³/mol. The first-order valence-corrected chi connectivity index (χ1v) is 6.90. The van der Waals surface area contributed by atoms with Crippen LogP contribution in [0.4, 0.5) is 5.69 Å². The van der Waals surface area contributed by atoms with Crippen LogP contribution in [0.2, 0.25) is 0 Å². The van der Waals surface area contributed by atoms with Gasteiger partial charge in [-0.1, -0.05) is 13.3 Å². The number of hydrogen-bond donors (Lipinski definition) is 1. The van der Waals surface area contributed by atoms with E-state index in [4.69, 9.17) is 15.2 Å². The lowest BCUT2D eigenvalue weighted by molar-refractivity contribution is 0.147. The van der Waals surface area contributed by atoms with Gasteiger partial charge in [-0.05, 0) is 18.6 Å². The molecule has 0 atom stereocenters. The van der Waals surface area contributed by atoms with Gasteiger partial charge in [0.2, 0.25) is 0 Å². The molecular weight excluding hydrogens is 234 g/mol. The van der Waals surface area contributed by atoms with Gasteiger partial charge in [-0.3, -0.25) is 0 Å². The summed E-state index contributed by atoms with van der Waals surface area (Å²) < 4.78 is 10.8. The van der Waals surface area contributed by atoms with Crippen LogP contribution in [0.1, 0.15) is 19.8 Å². The van der Waals surface area contributed by atoms with Crippen molar-refractivity contribution in [2.24, 2.45) is 0 Å². The molecule has 0 saturated heterocycles. The van der Waals surface area contributed by atoms with E-state index in [9.17, 15) is 0 Å². The van der Waals surface area contributed by atoms with Crippen LogP contribution in [-0.2, 0) is 4.74 Å². The summed E-state index contributed by atoms with van der Waals surface area (Å²) in [6, 6.07) is 5.73. The van der Waals surface area contributed by atoms with E-state index in [1.165, 1.54) is 6.42 Å². The maximum absolute atomic E-state index is 5.70. The molecule has 0 radical (unpaired) electrons. The lowest BCUT2D eigenvalue weighted by Crippen LogP contribution is -1.99. The molecule has 0 saturated carbocycles. The van der Waals surface area contributed by atoms with Gasteiger partial charge >= 0.3 is 0 Å². The number of unbranched alkanes of at least 4 members (excludes halogenated alkanes) is 1. The van der Waals surface area contributed by atoms with Crippen LogP contribution in [-0.4, -0.2) is 26.1 Å². The normalized spacial score (nSPS) is 10.5. The van der Waals surface area contributed by atoms with Gasteiger partial charge in [0, 0.05) is 29.0 Å². The molecule has 0 amide bonds.